The van der Waals surface area contributed by atoms with Gasteiger partial charge >= 0.3 is 0 Å². The number of nitrogens with two attached hydrogens (primary N) is 1. The molecule has 0 unspecified atom stereocenters. The predicted molar refractivity (Wildman–Crippen MR) is 98.3 cm³/mol. The molecular formula is C15H22IN5. The zero-order chi connectivity index (χ0) is 14.7. The van der Waals surface area contributed by atoms with Crippen LogP contribution < -0.4 is 11.1 Å². The third-order valence-electron chi connectivity index (χ3n) is 3.18. The van der Waals surface area contributed by atoms with Crippen molar-refractivity contribution in [2.45, 2.75) is 34.2 Å². The van der Waals surface area contributed by atoms with Gasteiger partial charge in [0.15, 0.2) is 5.96 Å². The van der Waals surface area contributed by atoms with E-state index in [0.717, 1.165) is 22.6 Å². The average molecular weight is 399 g/mol. The Morgan fingerprint density at radius 3 is 2.33 bits per heavy atom. The lowest BCUT2D eigenvalue weighted by Crippen LogP contribution is -2.22. The minimum absolute atomic E-state index is 0. The molecule has 0 spiro atoms. The minimum Gasteiger partial charge on any atom is -0.370 e. The van der Waals surface area contributed by atoms with E-state index in [4.69, 9.17) is 5.73 Å². The molecule has 1 aromatic carbocycles. The maximum Gasteiger partial charge on any atom is 0.193 e. The topological polar surface area (TPSA) is 79.1 Å². The second kappa shape index (κ2) is 7.44. The van der Waals surface area contributed by atoms with E-state index in [9.17, 15) is 0 Å². The third kappa shape index (κ3) is 4.73. The lowest BCUT2D eigenvalue weighted by molar-refractivity contribution is 1.02. The number of rotatable bonds is 3. The highest BCUT2D eigenvalue weighted by atomic mass is 127. The summed E-state index contributed by atoms with van der Waals surface area (Å²) in [7, 11) is 0. The number of nitrogens with zero attached hydrogens (tertiary/aromatic N) is 2. The first kappa shape index (κ1) is 17.5. The molecule has 114 valence electrons. The van der Waals surface area contributed by atoms with E-state index in [-0.39, 0.29) is 24.0 Å². The van der Waals surface area contributed by atoms with Crippen LogP contribution in [0.3, 0.4) is 0 Å². The molecule has 0 fully saturated rings. The Balaban J connectivity index is 0.00000220. The molecule has 1 aromatic heterocycles. The first-order valence-electron chi connectivity index (χ1n) is 6.61. The molecule has 4 N–H and O–H groups in total. The molecule has 0 atom stereocenters. The normalized spacial score (nSPS) is 11.1. The van der Waals surface area contributed by atoms with Crippen LogP contribution in [0.2, 0.25) is 0 Å². The number of aryl methyl sites for hydroxylation is 4. The summed E-state index contributed by atoms with van der Waals surface area (Å²) >= 11 is 0. The molecule has 5 nitrogen and oxygen atoms in total. The van der Waals surface area contributed by atoms with Gasteiger partial charge in [0, 0.05) is 16.9 Å². The van der Waals surface area contributed by atoms with Crippen molar-refractivity contribution in [1.29, 1.82) is 0 Å². The maximum atomic E-state index is 5.93. The highest BCUT2D eigenvalue weighted by molar-refractivity contribution is 14.0. The van der Waals surface area contributed by atoms with E-state index in [1.165, 1.54) is 11.1 Å². The monoisotopic (exact) mass is 399 g/mol. The van der Waals surface area contributed by atoms with Crippen LogP contribution in [0.25, 0.3) is 0 Å². The predicted octanol–water partition coefficient (Wildman–Crippen LogP) is 3.19. The summed E-state index contributed by atoms with van der Waals surface area (Å²) < 4.78 is 0. The molecule has 0 amide bonds. The number of halogens is 1. The Morgan fingerprint density at radius 1 is 1.19 bits per heavy atom. The molecular weight excluding hydrogens is 377 g/mol. The molecule has 2 rings (SSSR count). The van der Waals surface area contributed by atoms with Crippen molar-refractivity contribution in [3.63, 3.8) is 0 Å². The number of hydrogen-bond donors (Lipinski definition) is 3. The highest BCUT2D eigenvalue weighted by Crippen LogP contribution is 2.14. The summed E-state index contributed by atoms with van der Waals surface area (Å²) in [4.78, 5) is 4.37. The van der Waals surface area contributed by atoms with Gasteiger partial charge in [-0.3, -0.25) is 5.10 Å². The van der Waals surface area contributed by atoms with E-state index in [0.29, 0.717) is 12.5 Å². The average Bonchev–Trinajstić information content (AvgIpc) is 2.65. The molecule has 2 aromatic rings. The Hall–Kier alpha value is -1.57. The van der Waals surface area contributed by atoms with Crippen LogP contribution in [0.15, 0.2) is 23.2 Å². The van der Waals surface area contributed by atoms with Crippen molar-refractivity contribution in [2.24, 2.45) is 10.7 Å². The number of benzene rings is 1. The molecule has 0 radical (unpaired) electrons. The quantitative estimate of drug-likeness (QED) is 0.422. The number of aromatic nitrogens is 2. The van der Waals surface area contributed by atoms with Gasteiger partial charge < -0.3 is 11.1 Å². The largest absolute Gasteiger partial charge is 0.370 e. The highest BCUT2D eigenvalue weighted by Gasteiger charge is 2.05. The number of nitrogens with one attached hydrogen (secondary N) is 2. The molecule has 6 heteroatoms. The molecule has 0 saturated carbocycles. The Kier molecular flexibility index (Phi) is 6.19. The van der Waals surface area contributed by atoms with Gasteiger partial charge in [0.25, 0.3) is 0 Å². The van der Waals surface area contributed by atoms with Crippen LogP contribution in [-0.2, 0) is 6.54 Å². The van der Waals surface area contributed by atoms with Gasteiger partial charge in [0.2, 0.25) is 0 Å². The van der Waals surface area contributed by atoms with E-state index < -0.39 is 0 Å². The van der Waals surface area contributed by atoms with Crippen LogP contribution in [0.1, 0.15) is 28.1 Å². The van der Waals surface area contributed by atoms with Crippen molar-refractivity contribution in [3.05, 3.63) is 46.3 Å². The van der Waals surface area contributed by atoms with Crippen LogP contribution in [0, 0.1) is 27.7 Å². The van der Waals surface area contributed by atoms with Crippen molar-refractivity contribution >= 4 is 35.6 Å². The number of H-pyrrole nitrogens is 1. The first-order valence-corrected chi connectivity index (χ1v) is 6.61. The molecule has 21 heavy (non-hydrogen) atoms. The SMILES string of the molecule is Cc1cc(C)cc(NC(N)=NCc2c(C)n[nH]c2C)c1.I. The van der Waals surface area contributed by atoms with Gasteiger partial charge in [0.05, 0.1) is 12.2 Å². The Labute approximate surface area is 142 Å². The van der Waals surface area contributed by atoms with Crippen molar-refractivity contribution in [1.82, 2.24) is 10.2 Å². The van der Waals surface area contributed by atoms with Gasteiger partial charge in [-0.1, -0.05) is 6.07 Å². The zero-order valence-electron chi connectivity index (χ0n) is 12.8. The summed E-state index contributed by atoms with van der Waals surface area (Å²) in [6.45, 7) is 8.59. The number of aromatic amines is 1. The molecule has 0 aliphatic carbocycles. The molecule has 0 bridgehead atoms. The molecule has 0 aliphatic rings. The minimum atomic E-state index is 0. The summed E-state index contributed by atoms with van der Waals surface area (Å²) in [5, 5.41) is 10.2. The van der Waals surface area contributed by atoms with Crippen molar-refractivity contribution in [3.8, 4) is 0 Å². The van der Waals surface area contributed by atoms with Crippen LogP contribution in [0.5, 0.6) is 0 Å². The van der Waals surface area contributed by atoms with Gasteiger partial charge in [-0.15, -0.1) is 24.0 Å². The second-order valence-corrected chi connectivity index (χ2v) is 5.12. The van der Waals surface area contributed by atoms with Crippen LogP contribution in [0.4, 0.5) is 5.69 Å². The molecule has 0 saturated heterocycles. The van der Waals surface area contributed by atoms with E-state index in [1.54, 1.807) is 0 Å². The second-order valence-electron chi connectivity index (χ2n) is 5.12. The smallest absolute Gasteiger partial charge is 0.193 e. The van der Waals surface area contributed by atoms with Gasteiger partial charge in [-0.05, 0) is 51.0 Å². The molecule has 0 aliphatic heterocycles. The number of anilines is 1. The summed E-state index contributed by atoms with van der Waals surface area (Å²) in [5.74, 6) is 0.412. The molecule has 1 heterocycles. The summed E-state index contributed by atoms with van der Waals surface area (Å²) in [6.07, 6.45) is 0. The summed E-state index contributed by atoms with van der Waals surface area (Å²) in [5.41, 5.74) is 12.4. The van der Waals surface area contributed by atoms with Crippen LogP contribution >= 0.6 is 24.0 Å². The zero-order valence-corrected chi connectivity index (χ0v) is 15.1. The fraction of sp³-hybridized carbons (Fsp3) is 0.333. The number of hydrogen-bond acceptors (Lipinski definition) is 2. The van der Waals surface area contributed by atoms with Gasteiger partial charge in [0.1, 0.15) is 0 Å². The van der Waals surface area contributed by atoms with Crippen LogP contribution in [-0.4, -0.2) is 16.2 Å². The Morgan fingerprint density at radius 2 is 1.81 bits per heavy atom. The fourth-order valence-corrected chi connectivity index (χ4v) is 2.21. The number of guanidine groups is 1. The standard InChI is InChI=1S/C15H21N5.HI/c1-9-5-10(2)7-13(6-9)18-15(16)17-8-14-11(3)19-20-12(14)4;/h5-7H,8H2,1-4H3,(H,19,20)(H3,16,17,18);1H. The maximum absolute atomic E-state index is 5.93. The van der Waals surface area contributed by atoms with Gasteiger partial charge in [-0.25, -0.2) is 4.99 Å². The van der Waals surface area contributed by atoms with E-state index in [1.807, 2.05) is 26.0 Å². The Bertz CT molecular complexity index is 606. The van der Waals surface area contributed by atoms with E-state index in [2.05, 4.69) is 40.4 Å². The fourth-order valence-electron chi connectivity index (χ4n) is 2.21. The van der Waals surface area contributed by atoms with Crippen molar-refractivity contribution in [2.75, 3.05) is 5.32 Å². The van der Waals surface area contributed by atoms with E-state index >= 15 is 0 Å². The van der Waals surface area contributed by atoms with Gasteiger partial charge in [-0.2, -0.15) is 5.10 Å². The third-order valence-corrected chi connectivity index (χ3v) is 3.18. The lowest BCUT2D eigenvalue weighted by atomic mass is 10.1. The number of aliphatic imine (C=N–C) groups is 1. The lowest BCUT2D eigenvalue weighted by Gasteiger charge is -2.08. The van der Waals surface area contributed by atoms with Crippen molar-refractivity contribution < 1.29 is 0 Å². The summed E-state index contributed by atoms with van der Waals surface area (Å²) in [6, 6.07) is 6.21. The first-order chi connectivity index (χ1) is 9.45.